The van der Waals surface area contributed by atoms with Gasteiger partial charge in [0.25, 0.3) is 0 Å². The largest absolute Gasteiger partial charge is 0.481 e. The van der Waals surface area contributed by atoms with Crippen LogP contribution in [-0.4, -0.2) is 49.7 Å². The van der Waals surface area contributed by atoms with Crippen LogP contribution in [0.4, 0.5) is 18.9 Å². The Morgan fingerprint density at radius 1 is 1.10 bits per heavy atom. The van der Waals surface area contributed by atoms with Crippen LogP contribution in [-0.2, 0) is 4.79 Å². The molecule has 1 rings (SSSR count). The first-order valence-electron chi connectivity index (χ1n) is 6.58. The molecule has 1 N–H and O–H groups in total. The number of nitrogens with zero attached hydrogens (tertiary/aromatic N) is 2. The van der Waals surface area contributed by atoms with Gasteiger partial charge in [-0.25, -0.2) is 13.2 Å². The first-order valence-corrected chi connectivity index (χ1v) is 6.58. The molecule has 0 saturated carbocycles. The lowest BCUT2D eigenvalue weighted by Crippen LogP contribution is -2.30. The number of hydrogen-bond acceptors (Lipinski definition) is 3. The second-order valence-electron chi connectivity index (χ2n) is 4.98. The second-order valence-corrected chi connectivity index (χ2v) is 4.98. The van der Waals surface area contributed by atoms with Crippen molar-refractivity contribution >= 4 is 11.7 Å². The summed E-state index contributed by atoms with van der Waals surface area (Å²) in [4.78, 5) is 14.0. The molecular weight excluding hydrogens is 285 g/mol. The molecule has 0 aliphatic rings. The molecule has 0 aliphatic heterocycles. The zero-order chi connectivity index (χ0) is 16.0. The average molecular weight is 304 g/mol. The van der Waals surface area contributed by atoms with E-state index in [-0.39, 0.29) is 18.7 Å². The Morgan fingerprint density at radius 3 is 2.33 bits per heavy atom. The van der Waals surface area contributed by atoms with Crippen molar-refractivity contribution < 1.29 is 23.1 Å². The fourth-order valence-corrected chi connectivity index (χ4v) is 1.92. The smallest absolute Gasteiger partial charge is 0.305 e. The number of hydrogen-bond donors (Lipinski definition) is 1. The van der Waals surface area contributed by atoms with Crippen LogP contribution in [0.25, 0.3) is 0 Å². The molecule has 0 unspecified atom stereocenters. The van der Waals surface area contributed by atoms with Crippen molar-refractivity contribution in [3.63, 3.8) is 0 Å². The molecule has 21 heavy (non-hydrogen) atoms. The van der Waals surface area contributed by atoms with Crippen LogP contribution in [0.2, 0.25) is 0 Å². The van der Waals surface area contributed by atoms with Gasteiger partial charge in [-0.05, 0) is 39.2 Å². The summed E-state index contributed by atoms with van der Waals surface area (Å²) in [5, 5.41) is 8.73. The number of halogens is 3. The molecule has 0 spiro atoms. The molecule has 0 bridgehead atoms. The third-order valence-corrected chi connectivity index (χ3v) is 2.98. The van der Waals surface area contributed by atoms with Gasteiger partial charge in [-0.2, -0.15) is 0 Å². The average Bonchev–Trinajstić information content (AvgIpc) is 2.40. The molecule has 0 aromatic heterocycles. The second kappa shape index (κ2) is 7.87. The van der Waals surface area contributed by atoms with E-state index >= 15 is 0 Å². The highest BCUT2D eigenvalue weighted by Gasteiger charge is 2.18. The molecular formula is C14H19F3N2O2. The molecule has 1 aromatic rings. The normalized spacial score (nSPS) is 11.0. The van der Waals surface area contributed by atoms with Crippen molar-refractivity contribution in [3.05, 3.63) is 29.6 Å². The van der Waals surface area contributed by atoms with E-state index in [1.54, 1.807) is 0 Å². The Balaban J connectivity index is 2.89. The Morgan fingerprint density at radius 2 is 1.76 bits per heavy atom. The van der Waals surface area contributed by atoms with E-state index in [2.05, 4.69) is 0 Å². The molecule has 0 heterocycles. The summed E-state index contributed by atoms with van der Waals surface area (Å²) in [6.07, 6.45) is 0.436. The van der Waals surface area contributed by atoms with Crippen molar-refractivity contribution in [2.45, 2.75) is 12.8 Å². The predicted octanol–water partition coefficient (Wildman–Crippen LogP) is 2.34. The number of carboxylic acids is 1. The van der Waals surface area contributed by atoms with Gasteiger partial charge >= 0.3 is 5.97 Å². The Labute approximate surface area is 121 Å². The lowest BCUT2D eigenvalue weighted by Gasteiger charge is -2.25. The van der Waals surface area contributed by atoms with Gasteiger partial charge in [-0.15, -0.1) is 0 Å². The van der Waals surface area contributed by atoms with Crippen LogP contribution in [0.1, 0.15) is 12.8 Å². The minimum absolute atomic E-state index is 0.0325. The standard InChI is InChI=1S/C14H19F3N2O2/c1-18(2)7-3-8-19(9-6-12(20)21)11-5-4-10(15)13(16)14(11)17/h4-5H,3,6-9H2,1-2H3,(H,20,21). The zero-order valence-electron chi connectivity index (χ0n) is 12.1. The summed E-state index contributed by atoms with van der Waals surface area (Å²) in [5.41, 5.74) is -0.117. The molecule has 0 atom stereocenters. The van der Waals surface area contributed by atoms with E-state index in [4.69, 9.17) is 5.11 Å². The minimum atomic E-state index is -1.54. The lowest BCUT2D eigenvalue weighted by atomic mass is 10.2. The maximum atomic E-state index is 13.8. The van der Waals surface area contributed by atoms with E-state index in [0.717, 1.165) is 18.7 Å². The highest BCUT2D eigenvalue weighted by Crippen LogP contribution is 2.24. The van der Waals surface area contributed by atoms with Crippen molar-refractivity contribution in [2.75, 3.05) is 38.6 Å². The predicted molar refractivity (Wildman–Crippen MR) is 74.0 cm³/mol. The zero-order valence-corrected chi connectivity index (χ0v) is 12.1. The number of anilines is 1. The fourth-order valence-electron chi connectivity index (χ4n) is 1.92. The Kier molecular flexibility index (Phi) is 6.48. The number of carbonyl (C=O) groups is 1. The molecule has 0 saturated heterocycles. The highest BCUT2D eigenvalue weighted by atomic mass is 19.2. The number of benzene rings is 1. The Hall–Kier alpha value is -1.76. The van der Waals surface area contributed by atoms with E-state index in [0.29, 0.717) is 13.0 Å². The van der Waals surface area contributed by atoms with Crippen molar-refractivity contribution in [3.8, 4) is 0 Å². The summed E-state index contributed by atoms with van der Waals surface area (Å²) in [5.74, 6) is -5.12. The first-order chi connectivity index (χ1) is 9.82. The quantitative estimate of drug-likeness (QED) is 0.749. The monoisotopic (exact) mass is 304 g/mol. The SMILES string of the molecule is CN(C)CCCN(CCC(=O)O)c1ccc(F)c(F)c1F. The van der Waals surface area contributed by atoms with Crippen LogP contribution in [0.15, 0.2) is 12.1 Å². The third-order valence-electron chi connectivity index (χ3n) is 2.98. The van der Waals surface area contributed by atoms with Gasteiger partial charge in [0, 0.05) is 13.1 Å². The van der Waals surface area contributed by atoms with Crippen LogP contribution in [0, 0.1) is 17.5 Å². The summed E-state index contributed by atoms with van der Waals surface area (Å²) in [6.45, 7) is 1.10. The van der Waals surface area contributed by atoms with E-state index in [1.807, 2.05) is 19.0 Å². The number of rotatable bonds is 8. The summed E-state index contributed by atoms with van der Waals surface area (Å²) in [6, 6.07) is 1.97. The van der Waals surface area contributed by atoms with Crippen LogP contribution < -0.4 is 4.90 Å². The maximum absolute atomic E-state index is 13.8. The van der Waals surface area contributed by atoms with E-state index in [1.165, 1.54) is 4.90 Å². The lowest BCUT2D eigenvalue weighted by molar-refractivity contribution is -0.136. The third kappa shape index (κ3) is 5.26. The van der Waals surface area contributed by atoms with Crippen LogP contribution in [0.3, 0.4) is 0 Å². The Bertz CT molecular complexity index is 495. The van der Waals surface area contributed by atoms with Gasteiger partial charge in [0.1, 0.15) is 0 Å². The number of carboxylic acid groups (broad SMARTS) is 1. The molecule has 0 amide bonds. The van der Waals surface area contributed by atoms with Crippen molar-refractivity contribution in [1.82, 2.24) is 4.90 Å². The highest BCUT2D eigenvalue weighted by molar-refractivity contribution is 5.67. The molecule has 4 nitrogen and oxygen atoms in total. The molecule has 118 valence electrons. The van der Waals surface area contributed by atoms with Gasteiger partial charge in [-0.1, -0.05) is 0 Å². The van der Waals surface area contributed by atoms with Gasteiger partial charge < -0.3 is 14.9 Å². The molecule has 0 aliphatic carbocycles. The summed E-state index contributed by atoms with van der Waals surface area (Å²) < 4.78 is 40.1. The fraction of sp³-hybridized carbons (Fsp3) is 0.500. The molecule has 0 fully saturated rings. The summed E-state index contributed by atoms with van der Waals surface area (Å²) >= 11 is 0. The minimum Gasteiger partial charge on any atom is -0.481 e. The van der Waals surface area contributed by atoms with E-state index in [9.17, 15) is 18.0 Å². The van der Waals surface area contributed by atoms with Gasteiger partial charge in [0.05, 0.1) is 12.1 Å². The van der Waals surface area contributed by atoms with Gasteiger partial charge in [-0.3, -0.25) is 4.79 Å². The van der Waals surface area contributed by atoms with Crippen LogP contribution in [0.5, 0.6) is 0 Å². The molecule has 0 radical (unpaired) electrons. The van der Waals surface area contributed by atoms with Crippen LogP contribution >= 0.6 is 0 Å². The van der Waals surface area contributed by atoms with E-state index < -0.39 is 23.4 Å². The van der Waals surface area contributed by atoms with Crippen molar-refractivity contribution in [1.29, 1.82) is 0 Å². The number of aliphatic carboxylic acids is 1. The first kappa shape index (κ1) is 17.3. The molecule has 1 aromatic carbocycles. The topological polar surface area (TPSA) is 43.8 Å². The van der Waals surface area contributed by atoms with Gasteiger partial charge in [0.15, 0.2) is 17.5 Å². The van der Waals surface area contributed by atoms with Gasteiger partial charge in [0.2, 0.25) is 0 Å². The molecule has 7 heteroatoms. The summed E-state index contributed by atoms with van der Waals surface area (Å²) in [7, 11) is 3.75. The maximum Gasteiger partial charge on any atom is 0.305 e. The van der Waals surface area contributed by atoms with Crippen molar-refractivity contribution in [2.24, 2.45) is 0 Å².